The number of rotatable bonds is 7. The third-order valence-electron chi connectivity index (χ3n) is 3.41. The Bertz CT molecular complexity index is 603. The number of nitrogens with zero attached hydrogens (tertiary/aromatic N) is 3. The minimum Gasteiger partial charge on any atom is -0.426 e. The smallest absolute Gasteiger partial charge is 0.224 e. The van der Waals surface area contributed by atoms with Gasteiger partial charge in [-0.15, -0.1) is 10.2 Å². The molecule has 0 saturated carbocycles. The van der Waals surface area contributed by atoms with E-state index in [2.05, 4.69) is 34.3 Å². The van der Waals surface area contributed by atoms with Crippen LogP contribution in [0, 0.1) is 6.92 Å². The van der Waals surface area contributed by atoms with Crippen molar-refractivity contribution >= 4 is 17.3 Å². The van der Waals surface area contributed by atoms with Gasteiger partial charge in [0.1, 0.15) is 0 Å². The Morgan fingerprint density at radius 2 is 1.86 bits per heavy atom. The van der Waals surface area contributed by atoms with Crippen molar-refractivity contribution in [2.45, 2.75) is 33.6 Å². The van der Waals surface area contributed by atoms with Crippen LogP contribution in [-0.2, 0) is 11.2 Å². The van der Waals surface area contributed by atoms with Gasteiger partial charge in [0.05, 0.1) is 0 Å². The number of hydrogen-bond acceptors (Lipinski definition) is 5. The molecule has 0 aliphatic rings. The summed E-state index contributed by atoms with van der Waals surface area (Å²) >= 11 is 0. The lowest BCUT2D eigenvalue weighted by Gasteiger charge is -2.21. The van der Waals surface area contributed by atoms with Crippen molar-refractivity contribution < 1.29 is 9.21 Å². The minimum absolute atomic E-state index is 0.0635. The molecule has 1 N–H and O–H groups in total. The third kappa shape index (κ3) is 4.31. The zero-order chi connectivity index (χ0) is 15.9. The van der Waals surface area contributed by atoms with Crippen LogP contribution in [0.1, 0.15) is 32.0 Å². The molecule has 1 amide bonds. The normalized spacial score (nSPS) is 10.5. The fourth-order valence-corrected chi connectivity index (χ4v) is 2.23. The highest BCUT2D eigenvalue weighted by Gasteiger charge is 2.08. The summed E-state index contributed by atoms with van der Waals surface area (Å²) in [6.07, 6.45) is 0.767. The minimum atomic E-state index is -0.0635. The van der Waals surface area contributed by atoms with Gasteiger partial charge in [0.25, 0.3) is 0 Å². The van der Waals surface area contributed by atoms with Gasteiger partial charge in [-0.1, -0.05) is 0 Å². The van der Waals surface area contributed by atoms with E-state index in [1.807, 2.05) is 24.3 Å². The summed E-state index contributed by atoms with van der Waals surface area (Å²) in [6.45, 7) is 7.91. The van der Waals surface area contributed by atoms with Crippen LogP contribution in [-0.4, -0.2) is 29.2 Å². The Kier molecular flexibility index (Phi) is 5.52. The summed E-state index contributed by atoms with van der Waals surface area (Å²) in [7, 11) is 0. The molecule has 0 unspecified atom stereocenters. The number of benzene rings is 1. The molecule has 0 aliphatic carbocycles. The third-order valence-corrected chi connectivity index (χ3v) is 3.41. The Balaban J connectivity index is 1.86. The summed E-state index contributed by atoms with van der Waals surface area (Å²) in [4.78, 5) is 14.2. The molecule has 2 rings (SSSR count). The molecule has 6 nitrogen and oxygen atoms in total. The van der Waals surface area contributed by atoms with Crippen molar-refractivity contribution in [1.82, 2.24) is 10.2 Å². The average Bonchev–Trinajstić information content (AvgIpc) is 2.94. The predicted molar refractivity (Wildman–Crippen MR) is 86.0 cm³/mol. The van der Waals surface area contributed by atoms with Gasteiger partial charge >= 0.3 is 0 Å². The lowest BCUT2D eigenvalue weighted by Crippen LogP contribution is -2.21. The Hall–Kier alpha value is -2.37. The molecule has 0 aliphatic heterocycles. The SMILES string of the molecule is CCN(CC)c1ccc(NC(=O)CCc2nnc(C)o2)cc1. The van der Waals surface area contributed by atoms with Crippen molar-refractivity contribution in [3.8, 4) is 0 Å². The quantitative estimate of drug-likeness (QED) is 0.851. The number of carbonyl (C=O) groups excluding carboxylic acids is 1. The Morgan fingerprint density at radius 1 is 1.18 bits per heavy atom. The fraction of sp³-hybridized carbons (Fsp3) is 0.438. The zero-order valence-corrected chi connectivity index (χ0v) is 13.3. The number of aryl methyl sites for hydroxylation is 2. The number of nitrogens with one attached hydrogen (secondary N) is 1. The molecule has 0 bridgehead atoms. The molecular weight excluding hydrogens is 280 g/mol. The van der Waals surface area contributed by atoms with Gasteiger partial charge in [-0.2, -0.15) is 0 Å². The van der Waals surface area contributed by atoms with Crippen LogP contribution in [0.5, 0.6) is 0 Å². The van der Waals surface area contributed by atoms with E-state index in [1.54, 1.807) is 6.92 Å². The van der Waals surface area contributed by atoms with Crippen LogP contribution < -0.4 is 10.2 Å². The lowest BCUT2D eigenvalue weighted by atomic mass is 10.2. The summed E-state index contributed by atoms with van der Waals surface area (Å²) in [6, 6.07) is 7.87. The molecule has 0 saturated heterocycles. The summed E-state index contributed by atoms with van der Waals surface area (Å²) in [5.74, 6) is 0.943. The van der Waals surface area contributed by atoms with Crippen molar-refractivity contribution in [2.24, 2.45) is 0 Å². The molecule has 22 heavy (non-hydrogen) atoms. The first-order chi connectivity index (χ1) is 10.6. The molecule has 1 aromatic heterocycles. The van der Waals surface area contributed by atoms with E-state index in [4.69, 9.17) is 4.42 Å². The van der Waals surface area contributed by atoms with Crippen LogP contribution in [0.2, 0.25) is 0 Å². The molecule has 2 aromatic rings. The van der Waals surface area contributed by atoms with Crippen molar-refractivity contribution in [3.63, 3.8) is 0 Å². The second kappa shape index (κ2) is 7.59. The van der Waals surface area contributed by atoms with Gasteiger partial charge < -0.3 is 14.6 Å². The Morgan fingerprint density at radius 3 is 2.41 bits per heavy atom. The summed E-state index contributed by atoms with van der Waals surface area (Å²) in [5, 5.41) is 10.5. The average molecular weight is 302 g/mol. The van der Waals surface area contributed by atoms with E-state index in [0.29, 0.717) is 24.6 Å². The van der Waals surface area contributed by atoms with Crippen molar-refractivity contribution in [1.29, 1.82) is 0 Å². The van der Waals surface area contributed by atoms with Gasteiger partial charge in [-0.25, -0.2) is 0 Å². The van der Waals surface area contributed by atoms with E-state index >= 15 is 0 Å². The second-order valence-electron chi connectivity index (χ2n) is 4.98. The monoisotopic (exact) mass is 302 g/mol. The van der Waals surface area contributed by atoms with Crippen LogP contribution in [0.25, 0.3) is 0 Å². The van der Waals surface area contributed by atoms with Crippen molar-refractivity contribution in [3.05, 3.63) is 36.0 Å². The maximum atomic E-state index is 11.9. The summed E-state index contributed by atoms with van der Waals surface area (Å²) in [5.41, 5.74) is 1.95. The Labute approximate surface area is 130 Å². The van der Waals surface area contributed by atoms with Crippen LogP contribution >= 0.6 is 0 Å². The molecular formula is C16H22N4O2. The summed E-state index contributed by atoms with van der Waals surface area (Å²) < 4.78 is 5.24. The van der Waals surface area contributed by atoms with Gasteiger partial charge in [-0.05, 0) is 38.1 Å². The highest BCUT2D eigenvalue weighted by Crippen LogP contribution is 2.18. The van der Waals surface area contributed by atoms with E-state index in [-0.39, 0.29) is 5.91 Å². The van der Waals surface area contributed by atoms with E-state index in [1.165, 1.54) is 0 Å². The lowest BCUT2D eigenvalue weighted by molar-refractivity contribution is -0.116. The van der Waals surface area contributed by atoms with Gasteiger partial charge in [-0.3, -0.25) is 4.79 Å². The topological polar surface area (TPSA) is 71.3 Å². The standard InChI is InChI=1S/C16H22N4O2/c1-4-20(5-2)14-8-6-13(7-9-14)17-15(21)10-11-16-19-18-12(3)22-16/h6-9H,4-5,10-11H2,1-3H3,(H,17,21). The number of amides is 1. The predicted octanol–water partition coefficient (Wildman–Crippen LogP) is 2.80. The van der Waals surface area contributed by atoms with Gasteiger partial charge in [0, 0.05) is 44.2 Å². The molecule has 0 radical (unpaired) electrons. The zero-order valence-electron chi connectivity index (χ0n) is 13.3. The van der Waals surface area contributed by atoms with Gasteiger partial charge in [0.15, 0.2) is 0 Å². The first-order valence-electron chi connectivity index (χ1n) is 7.56. The number of hydrogen-bond donors (Lipinski definition) is 1. The first kappa shape index (κ1) is 16.0. The molecule has 0 spiro atoms. The number of carbonyl (C=O) groups is 1. The molecule has 6 heteroatoms. The van der Waals surface area contributed by atoms with E-state index < -0.39 is 0 Å². The van der Waals surface area contributed by atoms with Gasteiger partial charge in [0.2, 0.25) is 17.7 Å². The highest BCUT2D eigenvalue weighted by molar-refractivity contribution is 5.90. The van der Waals surface area contributed by atoms with Crippen LogP contribution in [0.4, 0.5) is 11.4 Å². The van der Waals surface area contributed by atoms with E-state index in [0.717, 1.165) is 24.5 Å². The molecule has 1 aromatic carbocycles. The van der Waals surface area contributed by atoms with E-state index in [9.17, 15) is 4.79 Å². The first-order valence-corrected chi connectivity index (χ1v) is 7.56. The number of aromatic nitrogens is 2. The molecule has 118 valence electrons. The number of anilines is 2. The largest absolute Gasteiger partial charge is 0.426 e. The maximum absolute atomic E-state index is 11.9. The maximum Gasteiger partial charge on any atom is 0.224 e. The molecule has 1 heterocycles. The van der Waals surface area contributed by atoms with Crippen LogP contribution in [0.3, 0.4) is 0 Å². The molecule has 0 fully saturated rings. The highest BCUT2D eigenvalue weighted by atomic mass is 16.4. The van der Waals surface area contributed by atoms with Crippen molar-refractivity contribution in [2.75, 3.05) is 23.3 Å². The second-order valence-corrected chi connectivity index (χ2v) is 4.98. The van der Waals surface area contributed by atoms with Crippen LogP contribution in [0.15, 0.2) is 28.7 Å². The fourth-order valence-electron chi connectivity index (χ4n) is 2.23. The molecule has 0 atom stereocenters.